The fourth-order valence-electron chi connectivity index (χ4n) is 1.95. The van der Waals surface area contributed by atoms with Crippen LogP contribution in [-0.4, -0.2) is 32.3 Å². The second kappa shape index (κ2) is 4.93. The van der Waals surface area contributed by atoms with Crippen molar-refractivity contribution in [3.8, 4) is 17.0 Å². The highest BCUT2D eigenvalue weighted by Gasteiger charge is 2.18. The van der Waals surface area contributed by atoms with E-state index < -0.39 is 5.97 Å². The van der Waals surface area contributed by atoms with Gasteiger partial charge in [-0.3, -0.25) is 4.40 Å². The van der Waals surface area contributed by atoms with Gasteiger partial charge in [-0.25, -0.2) is 4.79 Å². The van der Waals surface area contributed by atoms with Crippen LogP contribution in [0.4, 0.5) is 0 Å². The van der Waals surface area contributed by atoms with Crippen molar-refractivity contribution < 1.29 is 14.6 Å². The van der Waals surface area contributed by atoms with Crippen LogP contribution in [0.25, 0.3) is 16.2 Å². The van der Waals surface area contributed by atoms with Crippen LogP contribution < -0.4 is 4.74 Å². The van der Waals surface area contributed by atoms with Gasteiger partial charge in [0, 0.05) is 5.38 Å². The quantitative estimate of drug-likeness (QED) is 0.798. The number of carboxylic acids is 1. The summed E-state index contributed by atoms with van der Waals surface area (Å²) in [7, 11) is 0. The Balaban J connectivity index is 2.09. The fourth-order valence-corrected chi connectivity index (χ4v) is 2.79. The molecule has 0 saturated heterocycles. The number of benzene rings is 1. The molecule has 0 spiro atoms. The molecule has 0 atom stereocenters. The van der Waals surface area contributed by atoms with Gasteiger partial charge in [-0.1, -0.05) is 0 Å². The lowest BCUT2D eigenvalue weighted by Gasteiger charge is -2.04. The molecule has 7 heteroatoms. The molecule has 0 bridgehead atoms. The van der Waals surface area contributed by atoms with E-state index >= 15 is 0 Å². The molecule has 0 amide bonds. The highest BCUT2D eigenvalue weighted by molar-refractivity contribution is 7.15. The zero-order valence-corrected chi connectivity index (χ0v) is 11.4. The van der Waals surface area contributed by atoms with Crippen molar-refractivity contribution in [1.29, 1.82) is 0 Å². The molecule has 0 aliphatic heterocycles. The van der Waals surface area contributed by atoms with Crippen LogP contribution in [0.15, 0.2) is 29.6 Å². The molecule has 3 rings (SSSR count). The Kier molecular flexibility index (Phi) is 3.11. The summed E-state index contributed by atoms with van der Waals surface area (Å²) in [6, 6.07) is 7.48. The van der Waals surface area contributed by atoms with Gasteiger partial charge in [0.05, 0.1) is 12.3 Å². The lowest BCUT2D eigenvalue weighted by molar-refractivity contribution is 0.0682. The average molecular weight is 289 g/mol. The Morgan fingerprint density at radius 3 is 2.75 bits per heavy atom. The molecule has 2 heterocycles. The monoisotopic (exact) mass is 289 g/mol. The Hall–Kier alpha value is -2.41. The van der Waals surface area contributed by atoms with Gasteiger partial charge in [-0.2, -0.15) is 0 Å². The molecule has 3 aromatic rings. The third kappa shape index (κ3) is 2.01. The highest BCUT2D eigenvalue weighted by Crippen LogP contribution is 2.27. The molecule has 0 aliphatic rings. The lowest BCUT2D eigenvalue weighted by Crippen LogP contribution is -2.04. The Morgan fingerprint density at radius 2 is 2.10 bits per heavy atom. The lowest BCUT2D eigenvalue weighted by atomic mass is 10.1. The van der Waals surface area contributed by atoms with Crippen molar-refractivity contribution in [2.75, 3.05) is 6.61 Å². The Morgan fingerprint density at radius 1 is 1.35 bits per heavy atom. The number of ether oxygens (including phenoxy) is 1. The van der Waals surface area contributed by atoms with E-state index in [4.69, 9.17) is 9.84 Å². The van der Waals surface area contributed by atoms with E-state index in [-0.39, 0.29) is 5.82 Å². The van der Waals surface area contributed by atoms with E-state index in [1.165, 1.54) is 11.3 Å². The Labute approximate surface area is 118 Å². The van der Waals surface area contributed by atoms with Crippen LogP contribution >= 0.6 is 11.3 Å². The van der Waals surface area contributed by atoms with Crippen LogP contribution in [-0.2, 0) is 0 Å². The summed E-state index contributed by atoms with van der Waals surface area (Å²) >= 11 is 1.36. The first kappa shape index (κ1) is 12.6. The maximum Gasteiger partial charge on any atom is 0.374 e. The van der Waals surface area contributed by atoms with Crippen molar-refractivity contribution in [2.24, 2.45) is 0 Å². The predicted octanol–water partition coefficient (Wildman–Crippen LogP) is 2.55. The van der Waals surface area contributed by atoms with Crippen LogP contribution in [0.3, 0.4) is 0 Å². The van der Waals surface area contributed by atoms with E-state index in [0.29, 0.717) is 11.6 Å². The van der Waals surface area contributed by atoms with Gasteiger partial charge in [0.2, 0.25) is 10.8 Å². The minimum Gasteiger partial charge on any atom is -0.494 e. The van der Waals surface area contributed by atoms with E-state index in [1.807, 2.05) is 36.6 Å². The number of aromatic carboxylic acids is 1. The van der Waals surface area contributed by atoms with Crippen LogP contribution in [0, 0.1) is 0 Å². The minimum absolute atomic E-state index is 0.0786. The van der Waals surface area contributed by atoms with Crippen molar-refractivity contribution in [3.05, 3.63) is 35.5 Å². The molecular formula is C13H11N3O3S. The fraction of sp³-hybridized carbons (Fsp3) is 0.154. The predicted molar refractivity (Wildman–Crippen MR) is 74.4 cm³/mol. The molecule has 1 aromatic carbocycles. The summed E-state index contributed by atoms with van der Waals surface area (Å²) in [4.78, 5) is 11.7. The number of hydrogen-bond acceptors (Lipinski definition) is 5. The van der Waals surface area contributed by atoms with Crippen molar-refractivity contribution in [3.63, 3.8) is 0 Å². The third-order valence-electron chi connectivity index (χ3n) is 2.80. The van der Waals surface area contributed by atoms with Crippen molar-refractivity contribution in [2.45, 2.75) is 6.92 Å². The highest BCUT2D eigenvalue weighted by atomic mass is 32.1. The molecule has 0 aliphatic carbocycles. The van der Waals surface area contributed by atoms with Gasteiger partial charge in [-0.15, -0.1) is 21.5 Å². The summed E-state index contributed by atoms with van der Waals surface area (Å²) in [6.07, 6.45) is 0. The number of aromatic nitrogens is 3. The van der Waals surface area contributed by atoms with Crippen molar-refractivity contribution >= 4 is 22.3 Å². The van der Waals surface area contributed by atoms with E-state index in [2.05, 4.69) is 10.2 Å². The van der Waals surface area contributed by atoms with Crippen LogP contribution in [0.2, 0.25) is 0 Å². The standard InChI is InChI=1S/C13H11N3O3S/c1-2-19-9-5-3-8(4-6-9)10-7-20-13-15-14-11(12(17)18)16(10)13/h3-7H,2H2,1H3,(H,17,18). The molecule has 0 unspecified atom stereocenters. The van der Waals surface area contributed by atoms with Crippen LogP contribution in [0.5, 0.6) is 5.75 Å². The molecular weight excluding hydrogens is 278 g/mol. The SMILES string of the molecule is CCOc1ccc(-c2csc3nnc(C(=O)O)n23)cc1. The molecule has 102 valence electrons. The summed E-state index contributed by atoms with van der Waals surface area (Å²) in [5, 5.41) is 18.6. The summed E-state index contributed by atoms with van der Waals surface area (Å²) in [5.74, 6) is -0.391. The minimum atomic E-state index is -1.09. The molecule has 0 saturated carbocycles. The molecule has 2 aromatic heterocycles. The first-order valence-corrected chi connectivity index (χ1v) is 6.88. The van der Waals surface area contributed by atoms with Gasteiger partial charge < -0.3 is 9.84 Å². The summed E-state index contributed by atoms with van der Waals surface area (Å²) in [5.41, 5.74) is 1.65. The van der Waals surface area contributed by atoms with Gasteiger partial charge in [0.1, 0.15) is 5.75 Å². The summed E-state index contributed by atoms with van der Waals surface area (Å²) in [6.45, 7) is 2.53. The number of rotatable bonds is 4. The first-order valence-electron chi connectivity index (χ1n) is 6.00. The number of thiazole rings is 1. The van der Waals surface area contributed by atoms with Gasteiger partial charge in [0.15, 0.2) is 0 Å². The maximum absolute atomic E-state index is 11.2. The number of fused-ring (bicyclic) bond motifs is 1. The smallest absolute Gasteiger partial charge is 0.374 e. The number of hydrogen-bond donors (Lipinski definition) is 1. The maximum atomic E-state index is 11.2. The van der Waals surface area contributed by atoms with E-state index in [9.17, 15) is 4.79 Å². The molecule has 0 radical (unpaired) electrons. The number of carbonyl (C=O) groups is 1. The normalized spacial score (nSPS) is 10.8. The second-order valence-corrected chi connectivity index (χ2v) is 4.86. The average Bonchev–Trinajstić information content (AvgIpc) is 3.01. The molecule has 20 heavy (non-hydrogen) atoms. The van der Waals surface area contributed by atoms with E-state index in [1.54, 1.807) is 4.40 Å². The molecule has 6 nitrogen and oxygen atoms in total. The van der Waals surface area contributed by atoms with Gasteiger partial charge in [0.25, 0.3) is 0 Å². The second-order valence-electron chi connectivity index (χ2n) is 4.03. The third-order valence-corrected chi connectivity index (χ3v) is 3.62. The summed E-state index contributed by atoms with van der Waals surface area (Å²) < 4.78 is 6.93. The number of carboxylic acid groups (broad SMARTS) is 1. The number of nitrogens with zero attached hydrogens (tertiary/aromatic N) is 3. The van der Waals surface area contributed by atoms with Crippen molar-refractivity contribution in [1.82, 2.24) is 14.6 Å². The Bertz CT molecular complexity index is 761. The zero-order chi connectivity index (χ0) is 14.1. The van der Waals surface area contributed by atoms with Crippen LogP contribution in [0.1, 0.15) is 17.5 Å². The van der Waals surface area contributed by atoms with E-state index in [0.717, 1.165) is 17.0 Å². The molecule has 1 N–H and O–H groups in total. The largest absolute Gasteiger partial charge is 0.494 e. The van der Waals surface area contributed by atoms with Gasteiger partial charge >= 0.3 is 5.97 Å². The zero-order valence-electron chi connectivity index (χ0n) is 10.6. The topological polar surface area (TPSA) is 76.7 Å². The first-order chi connectivity index (χ1) is 9.70. The van der Waals surface area contributed by atoms with Gasteiger partial charge in [-0.05, 0) is 36.8 Å². The molecule has 0 fully saturated rings.